The Balaban J connectivity index is 2.54. The largest absolute Gasteiger partial charge is 0.249 e. The van der Waals surface area contributed by atoms with Crippen molar-refractivity contribution < 1.29 is 0 Å². The third-order valence-electron chi connectivity index (χ3n) is 2.46. The molecule has 84 valence electrons. The summed E-state index contributed by atoms with van der Waals surface area (Å²) in [6.45, 7) is 7.47. The molecule has 0 radical (unpaired) electrons. The van der Waals surface area contributed by atoms with Crippen LogP contribution < -0.4 is 0 Å². The van der Waals surface area contributed by atoms with Gasteiger partial charge in [0, 0.05) is 5.02 Å². The molecule has 0 N–H and O–H groups in total. The molecule has 2 rings (SSSR count). The molecule has 1 heterocycles. The van der Waals surface area contributed by atoms with E-state index >= 15 is 0 Å². The number of hydrogen-bond acceptors (Lipinski definition) is 1. The van der Waals surface area contributed by atoms with E-state index < -0.39 is 0 Å². The zero-order valence-corrected chi connectivity index (χ0v) is 10.1. The number of pyridine rings is 1. The molecule has 0 spiro atoms. The van der Waals surface area contributed by atoms with Gasteiger partial charge in [0.05, 0.1) is 11.4 Å². The van der Waals surface area contributed by atoms with Crippen LogP contribution in [0.3, 0.4) is 0 Å². The first-order chi connectivity index (χ1) is 8.22. The van der Waals surface area contributed by atoms with Crippen molar-refractivity contribution in [1.82, 2.24) is 4.98 Å². The number of rotatable bonds is 3. The van der Waals surface area contributed by atoms with Crippen molar-refractivity contribution in [3.05, 3.63) is 66.0 Å². The van der Waals surface area contributed by atoms with Gasteiger partial charge in [-0.25, -0.2) is 4.98 Å². The molecule has 0 unspecified atom stereocenters. The zero-order chi connectivity index (χ0) is 12.3. The summed E-state index contributed by atoms with van der Waals surface area (Å²) in [5.41, 5.74) is 3.86. The van der Waals surface area contributed by atoms with Crippen LogP contribution in [0.2, 0.25) is 5.02 Å². The standard InChI is InChI=1S/C15H12ClN/c1-3-14-9-12(10-15(4-2)17-14)11-5-7-13(16)8-6-11/h3-10H,1-2H2. The van der Waals surface area contributed by atoms with E-state index in [2.05, 4.69) is 18.1 Å². The van der Waals surface area contributed by atoms with Crippen molar-refractivity contribution in [2.75, 3.05) is 0 Å². The van der Waals surface area contributed by atoms with Crippen molar-refractivity contribution in [2.45, 2.75) is 0 Å². The predicted molar refractivity (Wildman–Crippen MR) is 74.9 cm³/mol. The maximum atomic E-state index is 5.87. The molecule has 0 saturated heterocycles. The first kappa shape index (κ1) is 11.6. The van der Waals surface area contributed by atoms with Crippen molar-refractivity contribution in [3.63, 3.8) is 0 Å². The quantitative estimate of drug-likeness (QED) is 0.760. The summed E-state index contributed by atoms with van der Waals surface area (Å²) in [5.74, 6) is 0. The van der Waals surface area contributed by atoms with Crippen LogP contribution in [-0.2, 0) is 0 Å². The summed E-state index contributed by atoms with van der Waals surface area (Å²) in [6, 6.07) is 11.7. The van der Waals surface area contributed by atoms with Crippen molar-refractivity contribution in [2.24, 2.45) is 0 Å². The van der Waals surface area contributed by atoms with Crippen LogP contribution in [0.4, 0.5) is 0 Å². The molecule has 1 aromatic heterocycles. The number of hydrogen-bond donors (Lipinski definition) is 0. The highest BCUT2D eigenvalue weighted by molar-refractivity contribution is 6.30. The van der Waals surface area contributed by atoms with Gasteiger partial charge in [0.2, 0.25) is 0 Å². The molecule has 2 heteroatoms. The molecule has 0 aliphatic heterocycles. The van der Waals surface area contributed by atoms with Gasteiger partial charge in [-0.1, -0.05) is 36.9 Å². The fourth-order valence-electron chi connectivity index (χ4n) is 1.59. The maximum Gasteiger partial charge on any atom is 0.0637 e. The molecule has 0 aliphatic rings. The fourth-order valence-corrected chi connectivity index (χ4v) is 1.72. The molecule has 1 nitrogen and oxygen atoms in total. The minimum Gasteiger partial charge on any atom is -0.249 e. The molecule has 2 aromatic rings. The molecule has 0 fully saturated rings. The fraction of sp³-hybridized carbons (Fsp3) is 0. The van der Waals surface area contributed by atoms with Crippen LogP contribution in [0.1, 0.15) is 11.4 Å². The Labute approximate surface area is 106 Å². The van der Waals surface area contributed by atoms with Gasteiger partial charge in [0.15, 0.2) is 0 Å². The van der Waals surface area contributed by atoms with Crippen LogP contribution in [-0.4, -0.2) is 4.98 Å². The van der Waals surface area contributed by atoms with Gasteiger partial charge >= 0.3 is 0 Å². The average molecular weight is 242 g/mol. The second-order valence-corrected chi connectivity index (χ2v) is 4.06. The third kappa shape index (κ3) is 2.63. The SMILES string of the molecule is C=Cc1cc(-c2ccc(Cl)cc2)cc(C=C)n1. The number of aromatic nitrogens is 1. The summed E-state index contributed by atoms with van der Waals surface area (Å²) >= 11 is 5.87. The summed E-state index contributed by atoms with van der Waals surface area (Å²) in [6.07, 6.45) is 3.46. The van der Waals surface area contributed by atoms with E-state index in [1.165, 1.54) is 0 Å². The molecule has 17 heavy (non-hydrogen) atoms. The Morgan fingerprint density at radius 2 is 1.41 bits per heavy atom. The molecule has 1 aromatic carbocycles. The maximum absolute atomic E-state index is 5.87. The lowest BCUT2D eigenvalue weighted by atomic mass is 10.0. The number of benzene rings is 1. The summed E-state index contributed by atoms with van der Waals surface area (Å²) < 4.78 is 0. The molecular formula is C15H12ClN. The van der Waals surface area contributed by atoms with E-state index in [0.717, 1.165) is 27.5 Å². The third-order valence-corrected chi connectivity index (χ3v) is 2.71. The van der Waals surface area contributed by atoms with Crippen molar-refractivity contribution in [3.8, 4) is 11.1 Å². The van der Waals surface area contributed by atoms with Crippen LogP contribution in [0.5, 0.6) is 0 Å². The van der Waals surface area contributed by atoms with Gasteiger partial charge in [0.25, 0.3) is 0 Å². The van der Waals surface area contributed by atoms with E-state index in [4.69, 9.17) is 11.6 Å². The Morgan fingerprint density at radius 1 is 0.882 bits per heavy atom. The molecule has 0 aliphatic carbocycles. The predicted octanol–water partition coefficient (Wildman–Crippen LogP) is 4.69. The highest BCUT2D eigenvalue weighted by atomic mass is 35.5. The van der Waals surface area contributed by atoms with E-state index in [1.54, 1.807) is 12.2 Å². The lowest BCUT2D eigenvalue weighted by Gasteiger charge is -2.05. The Hall–Kier alpha value is -1.86. The summed E-state index contributed by atoms with van der Waals surface area (Å²) in [5, 5.41) is 0.732. The van der Waals surface area contributed by atoms with Gasteiger partial charge in [-0.15, -0.1) is 0 Å². The molecule has 0 bridgehead atoms. The Kier molecular flexibility index (Phi) is 3.40. The topological polar surface area (TPSA) is 12.9 Å². The molecular weight excluding hydrogens is 230 g/mol. The summed E-state index contributed by atoms with van der Waals surface area (Å²) in [4.78, 5) is 4.35. The minimum atomic E-state index is 0.732. The van der Waals surface area contributed by atoms with Gasteiger partial charge in [0.1, 0.15) is 0 Å². The molecule has 0 saturated carbocycles. The monoisotopic (exact) mass is 241 g/mol. The molecule has 0 amide bonds. The van der Waals surface area contributed by atoms with Gasteiger partial charge in [-0.2, -0.15) is 0 Å². The normalized spacial score (nSPS) is 9.94. The minimum absolute atomic E-state index is 0.732. The van der Waals surface area contributed by atoms with Crippen LogP contribution >= 0.6 is 11.6 Å². The first-order valence-corrected chi connectivity index (χ1v) is 5.63. The van der Waals surface area contributed by atoms with Gasteiger partial charge in [-0.05, 0) is 47.5 Å². The van der Waals surface area contributed by atoms with Crippen LogP contribution in [0.25, 0.3) is 23.3 Å². The Morgan fingerprint density at radius 3 is 1.88 bits per heavy atom. The van der Waals surface area contributed by atoms with Crippen LogP contribution in [0.15, 0.2) is 49.6 Å². The average Bonchev–Trinajstić information content (AvgIpc) is 2.39. The first-order valence-electron chi connectivity index (χ1n) is 5.26. The van der Waals surface area contributed by atoms with Crippen molar-refractivity contribution >= 4 is 23.8 Å². The van der Waals surface area contributed by atoms with E-state index in [9.17, 15) is 0 Å². The second-order valence-electron chi connectivity index (χ2n) is 3.62. The lowest BCUT2D eigenvalue weighted by Crippen LogP contribution is -1.88. The lowest BCUT2D eigenvalue weighted by molar-refractivity contribution is 1.27. The van der Waals surface area contributed by atoms with E-state index in [-0.39, 0.29) is 0 Å². The summed E-state index contributed by atoms with van der Waals surface area (Å²) in [7, 11) is 0. The van der Waals surface area contributed by atoms with Gasteiger partial charge in [-0.3, -0.25) is 0 Å². The number of halogens is 1. The van der Waals surface area contributed by atoms with E-state index in [0.29, 0.717) is 0 Å². The highest BCUT2D eigenvalue weighted by Gasteiger charge is 2.01. The second kappa shape index (κ2) is 4.98. The smallest absolute Gasteiger partial charge is 0.0637 e. The van der Waals surface area contributed by atoms with E-state index in [1.807, 2.05) is 36.4 Å². The van der Waals surface area contributed by atoms with Crippen molar-refractivity contribution in [1.29, 1.82) is 0 Å². The number of nitrogens with zero attached hydrogens (tertiary/aromatic N) is 1. The van der Waals surface area contributed by atoms with Crippen LogP contribution in [0, 0.1) is 0 Å². The van der Waals surface area contributed by atoms with Gasteiger partial charge < -0.3 is 0 Å². The highest BCUT2D eigenvalue weighted by Crippen LogP contribution is 2.23. The zero-order valence-electron chi connectivity index (χ0n) is 9.36. The Bertz CT molecular complexity index is 529. The molecule has 0 atom stereocenters.